The molecule has 0 aromatic heterocycles. The third-order valence-electron chi connectivity index (χ3n) is 4.30. The summed E-state index contributed by atoms with van der Waals surface area (Å²) in [6, 6.07) is -3.76. The Morgan fingerprint density at radius 3 is 2.03 bits per heavy atom. The van der Waals surface area contributed by atoms with Crippen molar-refractivity contribution in [2.75, 3.05) is 6.54 Å². The molecule has 0 rings (SSSR count). The summed E-state index contributed by atoms with van der Waals surface area (Å²) in [6.07, 6.45) is -0.762. The van der Waals surface area contributed by atoms with Gasteiger partial charge in [0.25, 0.3) is 0 Å². The smallest absolute Gasteiger partial charge is 0.326 e. The molecule has 0 saturated carbocycles. The van der Waals surface area contributed by atoms with Crippen molar-refractivity contribution in [3.8, 4) is 0 Å². The van der Waals surface area contributed by atoms with Crippen LogP contribution in [-0.2, 0) is 28.8 Å². The van der Waals surface area contributed by atoms with E-state index in [1.54, 1.807) is 6.92 Å². The number of carbonyl (C=O) groups is 6. The lowest BCUT2D eigenvalue weighted by molar-refractivity contribution is -0.143. The van der Waals surface area contributed by atoms with E-state index in [9.17, 15) is 28.8 Å². The molecule has 0 aliphatic carbocycles. The van der Waals surface area contributed by atoms with E-state index < -0.39 is 73.1 Å². The van der Waals surface area contributed by atoms with E-state index in [0.717, 1.165) is 0 Å². The first-order valence-electron chi connectivity index (χ1n) is 9.24. The van der Waals surface area contributed by atoms with Gasteiger partial charge in [0.05, 0.1) is 19.0 Å². The average molecular weight is 431 g/mol. The molecule has 13 nitrogen and oxygen atoms in total. The Morgan fingerprint density at radius 1 is 0.967 bits per heavy atom. The predicted molar refractivity (Wildman–Crippen MR) is 103 cm³/mol. The van der Waals surface area contributed by atoms with Crippen LogP contribution in [0.1, 0.15) is 39.5 Å². The highest BCUT2D eigenvalue weighted by molar-refractivity contribution is 5.95. The second kappa shape index (κ2) is 13.1. The van der Waals surface area contributed by atoms with Crippen LogP contribution in [0.5, 0.6) is 0 Å². The third-order valence-corrected chi connectivity index (χ3v) is 4.30. The predicted octanol–water partition coefficient (Wildman–Crippen LogP) is -2.73. The highest BCUT2D eigenvalue weighted by Crippen LogP contribution is 2.06. The standard InChI is InChI=1S/C17H29N5O8/c1-3-8(2)14(19)16(28)22-10(6-11(18)23)15(27)20-7-12(24)21-9(17(29)30)4-5-13(25)26/h8-10,14H,3-7,19H2,1-2H3,(H2,18,23)(H,20,27)(H,21,24)(H,22,28)(H,25,26)(H,29,30). The van der Waals surface area contributed by atoms with Crippen LogP contribution in [0.2, 0.25) is 0 Å². The number of nitrogens with two attached hydrogens (primary N) is 2. The Morgan fingerprint density at radius 2 is 1.57 bits per heavy atom. The van der Waals surface area contributed by atoms with Crippen LogP contribution >= 0.6 is 0 Å². The maximum atomic E-state index is 12.3. The molecule has 4 amide bonds. The van der Waals surface area contributed by atoms with Crippen molar-refractivity contribution in [3.63, 3.8) is 0 Å². The van der Waals surface area contributed by atoms with E-state index in [1.165, 1.54) is 0 Å². The molecular formula is C17H29N5O8. The van der Waals surface area contributed by atoms with E-state index in [0.29, 0.717) is 6.42 Å². The van der Waals surface area contributed by atoms with Crippen LogP contribution in [0.3, 0.4) is 0 Å². The topological polar surface area (TPSA) is 231 Å². The molecular weight excluding hydrogens is 402 g/mol. The van der Waals surface area contributed by atoms with Crippen LogP contribution < -0.4 is 27.4 Å². The van der Waals surface area contributed by atoms with Crippen LogP contribution in [-0.4, -0.2) is 70.5 Å². The zero-order valence-electron chi connectivity index (χ0n) is 16.8. The summed E-state index contributed by atoms with van der Waals surface area (Å²) in [7, 11) is 0. The van der Waals surface area contributed by atoms with E-state index in [-0.39, 0.29) is 12.3 Å². The number of carboxylic acids is 2. The van der Waals surface area contributed by atoms with Gasteiger partial charge >= 0.3 is 11.9 Å². The minimum absolute atomic E-state index is 0.188. The third kappa shape index (κ3) is 10.4. The highest BCUT2D eigenvalue weighted by atomic mass is 16.4. The van der Waals surface area contributed by atoms with Crippen LogP contribution in [0.25, 0.3) is 0 Å². The van der Waals surface area contributed by atoms with E-state index in [4.69, 9.17) is 21.7 Å². The second-order valence-corrected chi connectivity index (χ2v) is 6.75. The second-order valence-electron chi connectivity index (χ2n) is 6.75. The van der Waals surface area contributed by atoms with Gasteiger partial charge < -0.3 is 37.6 Å². The van der Waals surface area contributed by atoms with Gasteiger partial charge in [-0.1, -0.05) is 20.3 Å². The Kier molecular flexibility index (Phi) is 11.7. The van der Waals surface area contributed by atoms with E-state index >= 15 is 0 Å². The molecule has 30 heavy (non-hydrogen) atoms. The number of primary amides is 1. The molecule has 0 fully saturated rings. The SMILES string of the molecule is CCC(C)C(N)C(=O)NC(CC(N)=O)C(=O)NCC(=O)NC(CCC(=O)O)C(=O)O. The van der Waals surface area contributed by atoms with Gasteiger partial charge in [-0.05, 0) is 12.3 Å². The average Bonchev–Trinajstić information content (AvgIpc) is 2.66. The summed E-state index contributed by atoms with van der Waals surface area (Å²) in [5, 5.41) is 24.2. The maximum Gasteiger partial charge on any atom is 0.326 e. The van der Waals surface area contributed by atoms with Gasteiger partial charge in [-0.2, -0.15) is 0 Å². The normalized spacial score (nSPS) is 14.5. The summed E-state index contributed by atoms with van der Waals surface area (Å²) >= 11 is 0. The van der Waals surface area contributed by atoms with Crippen molar-refractivity contribution in [2.24, 2.45) is 17.4 Å². The highest BCUT2D eigenvalue weighted by Gasteiger charge is 2.28. The molecule has 9 N–H and O–H groups in total. The number of aliphatic carboxylic acids is 2. The fourth-order valence-electron chi connectivity index (χ4n) is 2.25. The number of carboxylic acid groups (broad SMARTS) is 2. The first kappa shape index (κ1) is 26.8. The molecule has 4 unspecified atom stereocenters. The Hall–Kier alpha value is -3.22. The molecule has 0 saturated heterocycles. The van der Waals surface area contributed by atoms with Crippen molar-refractivity contribution in [2.45, 2.75) is 57.7 Å². The van der Waals surface area contributed by atoms with Gasteiger partial charge in [-0.25, -0.2) is 4.79 Å². The number of rotatable bonds is 14. The number of hydrogen-bond donors (Lipinski definition) is 7. The molecule has 0 spiro atoms. The monoisotopic (exact) mass is 431 g/mol. The molecule has 0 aromatic carbocycles. The van der Waals surface area contributed by atoms with Crippen molar-refractivity contribution in [3.05, 3.63) is 0 Å². The lowest BCUT2D eigenvalue weighted by Gasteiger charge is -2.22. The largest absolute Gasteiger partial charge is 0.481 e. The van der Waals surface area contributed by atoms with E-state index in [1.807, 2.05) is 6.92 Å². The number of carbonyl (C=O) groups excluding carboxylic acids is 4. The number of amides is 4. The van der Waals surface area contributed by atoms with Crippen LogP contribution in [0, 0.1) is 5.92 Å². The number of hydrogen-bond acceptors (Lipinski definition) is 7. The Bertz CT molecular complexity index is 669. The first-order chi connectivity index (χ1) is 13.9. The quantitative estimate of drug-likeness (QED) is 0.151. The summed E-state index contributed by atoms with van der Waals surface area (Å²) < 4.78 is 0. The van der Waals surface area contributed by atoms with Crippen molar-refractivity contribution >= 4 is 35.6 Å². The Labute approximate surface area is 172 Å². The van der Waals surface area contributed by atoms with Gasteiger partial charge in [0.2, 0.25) is 23.6 Å². The van der Waals surface area contributed by atoms with Gasteiger partial charge in [-0.15, -0.1) is 0 Å². The molecule has 0 aromatic rings. The lowest BCUT2D eigenvalue weighted by Crippen LogP contribution is -2.55. The lowest BCUT2D eigenvalue weighted by atomic mass is 9.99. The molecule has 13 heteroatoms. The molecule has 0 heterocycles. The molecule has 4 atom stereocenters. The number of nitrogens with one attached hydrogen (secondary N) is 3. The first-order valence-corrected chi connectivity index (χ1v) is 9.24. The van der Waals surface area contributed by atoms with Crippen molar-refractivity contribution < 1.29 is 39.0 Å². The fraction of sp³-hybridized carbons (Fsp3) is 0.647. The Balaban J connectivity index is 4.89. The molecule has 170 valence electrons. The van der Waals surface area contributed by atoms with Gasteiger partial charge in [0.1, 0.15) is 12.1 Å². The molecule has 0 radical (unpaired) electrons. The van der Waals surface area contributed by atoms with Crippen molar-refractivity contribution in [1.82, 2.24) is 16.0 Å². The van der Waals surface area contributed by atoms with Gasteiger partial charge in [0, 0.05) is 6.42 Å². The summed E-state index contributed by atoms with van der Waals surface area (Å²) in [5.41, 5.74) is 10.9. The summed E-state index contributed by atoms with van der Waals surface area (Å²) in [5.74, 6) is -6.20. The van der Waals surface area contributed by atoms with E-state index in [2.05, 4.69) is 16.0 Å². The molecule has 0 bridgehead atoms. The van der Waals surface area contributed by atoms with Crippen LogP contribution in [0.4, 0.5) is 0 Å². The fourth-order valence-corrected chi connectivity index (χ4v) is 2.25. The van der Waals surface area contributed by atoms with Crippen LogP contribution in [0.15, 0.2) is 0 Å². The zero-order chi connectivity index (χ0) is 23.4. The summed E-state index contributed by atoms with van der Waals surface area (Å²) in [6.45, 7) is 2.89. The maximum absolute atomic E-state index is 12.3. The molecule has 0 aliphatic heterocycles. The minimum atomic E-state index is -1.46. The minimum Gasteiger partial charge on any atom is -0.481 e. The van der Waals surface area contributed by atoms with Gasteiger partial charge in [0.15, 0.2) is 0 Å². The summed E-state index contributed by atoms with van der Waals surface area (Å²) in [4.78, 5) is 69.1. The van der Waals surface area contributed by atoms with Gasteiger partial charge in [-0.3, -0.25) is 24.0 Å². The zero-order valence-corrected chi connectivity index (χ0v) is 16.8. The van der Waals surface area contributed by atoms with Crippen molar-refractivity contribution in [1.29, 1.82) is 0 Å². The molecule has 0 aliphatic rings.